The smallest absolute Gasteiger partial charge is 0.284 e. The number of hydrogen-bond acceptors (Lipinski definition) is 3. The average Bonchev–Trinajstić information content (AvgIpc) is 3.45. The number of hydrogen-bond donors (Lipinski definition) is 0. The van der Waals surface area contributed by atoms with Gasteiger partial charge in [0.25, 0.3) is 0 Å². The summed E-state index contributed by atoms with van der Waals surface area (Å²) in [7, 11) is 0. The highest BCUT2D eigenvalue weighted by Crippen LogP contribution is 2.65. The fourth-order valence-electron chi connectivity index (χ4n) is 5.37. The predicted molar refractivity (Wildman–Crippen MR) is 96.4 cm³/mol. The van der Waals surface area contributed by atoms with Gasteiger partial charge in [0.15, 0.2) is 0 Å². The molecule has 0 spiro atoms. The molecule has 6 atom stereocenters. The van der Waals surface area contributed by atoms with Crippen LogP contribution in [0.4, 0.5) is 18.9 Å². The minimum Gasteiger partial charge on any atom is -0.284 e. The van der Waals surface area contributed by atoms with Crippen LogP contribution >= 0.6 is 11.6 Å². The number of para-hydroxylation sites is 1. The maximum absolute atomic E-state index is 13.2. The number of anilines is 1. The number of alkyl halides is 3. The molecule has 0 unspecified atom stereocenters. The summed E-state index contributed by atoms with van der Waals surface area (Å²) in [5, 5.41) is -0.0791. The Hall–Kier alpha value is -2.35. The first-order valence-corrected chi connectivity index (χ1v) is 9.74. The molecule has 1 aromatic carbocycles. The van der Waals surface area contributed by atoms with E-state index < -0.39 is 42.4 Å². The topological polar surface area (TPSA) is 57.7 Å². The quantitative estimate of drug-likeness (QED) is 0.553. The van der Waals surface area contributed by atoms with E-state index in [1.54, 1.807) is 0 Å². The fraction of sp³-hybridized carbons (Fsp3) is 0.450. The van der Waals surface area contributed by atoms with Crippen LogP contribution in [0.2, 0.25) is 5.02 Å². The zero-order valence-electron chi connectivity index (χ0n) is 15.0. The molecule has 6 rings (SSSR count). The minimum atomic E-state index is -5.18. The van der Waals surface area contributed by atoms with Gasteiger partial charge in [0.1, 0.15) is 6.67 Å². The molecule has 3 fully saturated rings. The van der Waals surface area contributed by atoms with Gasteiger partial charge in [-0.3, -0.25) is 24.2 Å². The van der Waals surface area contributed by atoms with Crippen molar-refractivity contribution in [2.75, 3.05) is 11.6 Å². The van der Waals surface area contributed by atoms with E-state index in [0.29, 0.717) is 16.7 Å². The van der Waals surface area contributed by atoms with Gasteiger partial charge in [0.2, 0.25) is 11.8 Å². The second kappa shape index (κ2) is 6.08. The Balaban J connectivity index is 1.48. The van der Waals surface area contributed by atoms with E-state index in [0.717, 1.165) is 11.3 Å². The van der Waals surface area contributed by atoms with Crippen LogP contribution in [0.3, 0.4) is 0 Å². The lowest BCUT2D eigenvalue weighted by atomic mass is 9.63. The number of nitrogens with zero attached hydrogens (tertiary/aromatic N) is 2. The molecule has 3 amide bonds. The fourth-order valence-corrected chi connectivity index (χ4v) is 5.61. The van der Waals surface area contributed by atoms with Gasteiger partial charge in [-0.25, -0.2) is 0 Å². The summed E-state index contributed by atoms with van der Waals surface area (Å²) in [5.41, 5.74) is -0.198. The molecule has 2 bridgehead atoms. The third-order valence-electron chi connectivity index (χ3n) is 6.67. The van der Waals surface area contributed by atoms with Gasteiger partial charge in [-0.2, -0.15) is 13.2 Å². The monoisotopic (exact) mass is 424 g/mol. The molecule has 1 aliphatic heterocycles. The molecule has 2 saturated carbocycles. The summed E-state index contributed by atoms with van der Waals surface area (Å²) < 4.78 is 39.7. The lowest BCUT2D eigenvalue weighted by Crippen LogP contribution is -2.49. The highest BCUT2D eigenvalue weighted by atomic mass is 35.5. The zero-order chi connectivity index (χ0) is 20.7. The van der Waals surface area contributed by atoms with E-state index in [1.165, 1.54) is 24.3 Å². The molecule has 152 valence electrons. The summed E-state index contributed by atoms with van der Waals surface area (Å²) in [6, 6.07) is 5.55. The Bertz CT molecular complexity index is 927. The molecular formula is C20H16ClF3N2O3. The summed E-state index contributed by atoms with van der Waals surface area (Å²) in [5.74, 6) is -3.63. The number of rotatable bonds is 3. The number of imide groups is 1. The number of amides is 3. The molecule has 29 heavy (non-hydrogen) atoms. The van der Waals surface area contributed by atoms with Crippen molar-refractivity contribution in [3.05, 3.63) is 41.4 Å². The second-order valence-electron chi connectivity index (χ2n) is 8.08. The van der Waals surface area contributed by atoms with Gasteiger partial charge >= 0.3 is 12.1 Å². The van der Waals surface area contributed by atoms with Crippen LogP contribution in [0.25, 0.3) is 0 Å². The first kappa shape index (κ1) is 18.7. The average molecular weight is 425 g/mol. The van der Waals surface area contributed by atoms with E-state index >= 15 is 0 Å². The van der Waals surface area contributed by atoms with E-state index in [4.69, 9.17) is 11.6 Å². The van der Waals surface area contributed by atoms with Gasteiger partial charge in [-0.05, 0) is 42.2 Å². The van der Waals surface area contributed by atoms with Crippen molar-refractivity contribution in [3.63, 3.8) is 0 Å². The number of carbonyl (C=O) groups is 3. The summed E-state index contributed by atoms with van der Waals surface area (Å²) in [6.45, 7) is -0.804. The number of benzene rings is 1. The molecule has 4 aliphatic carbocycles. The van der Waals surface area contributed by atoms with Gasteiger partial charge < -0.3 is 0 Å². The highest BCUT2D eigenvalue weighted by molar-refractivity contribution is 6.33. The molecule has 0 radical (unpaired) electrons. The van der Waals surface area contributed by atoms with Crippen LogP contribution < -0.4 is 4.90 Å². The highest BCUT2D eigenvalue weighted by Gasteiger charge is 2.67. The van der Waals surface area contributed by atoms with Crippen molar-refractivity contribution in [3.8, 4) is 0 Å². The molecule has 1 aromatic rings. The molecule has 5 nitrogen and oxygen atoms in total. The minimum absolute atomic E-state index is 0.0523. The Morgan fingerprint density at radius 1 is 1.07 bits per heavy atom. The normalized spacial score (nSPS) is 34.3. The summed E-state index contributed by atoms with van der Waals surface area (Å²) in [6.07, 6.45) is -0.253. The number of allylic oxidation sites excluding steroid dienone is 2. The molecular weight excluding hydrogens is 409 g/mol. The maximum atomic E-state index is 13.2. The standard InChI is InChI=1S/C20H16ClF3N2O3/c21-13-3-1-2-4-14(13)25(19(29)20(22,23)24)8-26-17(27)15-9-5-6-10(12-7-11(9)12)16(15)18(26)28/h1-6,9-12,15-16H,7-8H2/t9-,10-,11-,12-,15-,16+/m1/s1. The molecule has 0 N–H and O–H groups in total. The SMILES string of the molecule is O=C1[C@@H]2[C@@H]3C=C[C@H]([C@H]4C[C@H]34)[C@@H]2C(=O)N1CN(C(=O)C(F)(F)F)c1ccccc1Cl. The van der Waals surface area contributed by atoms with Crippen LogP contribution in [0, 0.1) is 35.5 Å². The summed E-state index contributed by atoms with van der Waals surface area (Å²) >= 11 is 6.01. The first-order chi connectivity index (χ1) is 13.7. The van der Waals surface area contributed by atoms with Gasteiger partial charge in [0, 0.05) is 0 Å². The number of carbonyl (C=O) groups excluding carboxylic acids is 3. The van der Waals surface area contributed by atoms with Gasteiger partial charge in [-0.1, -0.05) is 35.9 Å². The van der Waals surface area contributed by atoms with Crippen molar-refractivity contribution < 1.29 is 27.6 Å². The molecule has 5 aliphatic rings. The predicted octanol–water partition coefficient (Wildman–Crippen LogP) is 3.25. The number of halogens is 4. The van der Waals surface area contributed by atoms with Crippen LogP contribution in [-0.4, -0.2) is 35.5 Å². The molecule has 1 heterocycles. The van der Waals surface area contributed by atoms with Crippen molar-refractivity contribution in [1.82, 2.24) is 4.90 Å². The zero-order valence-corrected chi connectivity index (χ0v) is 15.7. The van der Waals surface area contributed by atoms with Gasteiger partial charge in [-0.15, -0.1) is 0 Å². The Morgan fingerprint density at radius 2 is 1.62 bits per heavy atom. The third-order valence-corrected chi connectivity index (χ3v) is 6.99. The lowest BCUT2D eigenvalue weighted by molar-refractivity contribution is -0.171. The van der Waals surface area contributed by atoms with E-state index in [9.17, 15) is 27.6 Å². The first-order valence-electron chi connectivity index (χ1n) is 9.37. The largest absolute Gasteiger partial charge is 0.471 e. The Morgan fingerprint density at radius 3 is 2.14 bits per heavy atom. The molecule has 0 aromatic heterocycles. The summed E-state index contributed by atoms with van der Waals surface area (Å²) in [4.78, 5) is 39.4. The van der Waals surface area contributed by atoms with Crippen LogP contribution in [0.1, 0.15) is 6.42 Å². The van der Waals surface area contributed by atoms with Crippen molar-refractivity contribution >= 4 is 35.0 Å². The van der Waals surface area contributed by atoms with Crippen molar-refractivity contribution in [2.45, 2.75) is 12.6 Å². The van der Waals surface area contributed by atoms with E-state index in [2.05, 4.69) is 0 Å². The van der Waals surface area contributed by atoms with Crippen LogP contribution in [-0.2, 0) is 14.4 Å². The maximum Gasteiger partial charge on any atom is 0.471 e. The van der Waals surface area contributed by atoms with Crippen molar-refractivity contribution in [1.29, 1.82) is 0 Å². The molecule has 1 saturated heterocycles. The molecule has 9 heteroatoms. The van der Waals surface area contributed by atoms with Crippen LogP contribution in [0.5, 0.6) is 0 Å². The Labute approximate surface area is 169 Å². The number of likely N-dealkylation sites (tertiary alicyclic amines) is 1. The lowest BCUT2D eigenvalue weighted by Gasteiger charge is -2.37. The Kier molecular flexibility index (Phi) is 3.91. The van der Waals surface area contributed by atoms with E-state index in [1.807, 2.05) is 12.2 Å². The van der Waals surface area contributed by atoms with Crippen LogP contribution in [0.15, 0.2) is 36.4 Å². The third kappa shape index (κ3) is 2.64. The van der Waals surface area contributed by atoms with Gasteiger partial charge in [0.05, 0.1) is 22.5 Å². The second-order valence-corrected chi connectivity index (χ2v) is 8.49. The van der Waals surface area contributed by atoms with E-state index in [-0.39, 0.29) is 22.5 Å². The van der Waals surface area contributed by atoms with Crippen molar-refractivity contribution in [2.24, 2.45) is 35.5 Å².